The molecular weight excluding hydrogens is 171 g/mol. The minimum Gasteiger partial charge on any atom is -0.267 e. The van der Waals surface area contributed by atoms with Crippen LogP contribution in [0.3, 0.4) is 0 Å². The average Bonchev–Trinajstić information content (AvgIpc) is 2.42. The summed E-state index contributed by atoms with van der Waals surface area (Å²) < 4.78 is 1.82. The quantitative estimate of drug-likeness (QED) is 0.600. The summed E-state index contributed by atoms with van der Waals surface area (Å²) in [4.78, 5) is 0. The minimum atomic E-state index is 0.260. The maximum Gasteiger partial charge on any atom is 0.151 e. The third-order valence-corrected chi connectivity index (χ3v) is 2.27. The third kappa shape index (κ3) is 1.02. The molecule has 4 heteroatoms. The standard InChI is InChI=1S/C6H6Cl2N2/c7-4-3-5(4)10-2-1-6(8)9-10/h1-2,4-5H,3H2. The van der Waals surface area contributed by atoms with Crippen molar-refractivity contribution in [1.29, 1.82) is 0 Å². The van der Waals surface area contributed by atoms with E-state index in [4.69, 9.17) is 23.2 Å². The first-order chi connectivity index (χ1) is 4.77. The fraction of sp³-hybridized carbons (Fsp3) is 0.500. The highest BCUT2D eigenvalue weighted by Crippen LogP contribution is 2.40. The smallest absolute Gasteiger partial charge is 0.151 e. The second-order valence-corrected chi connectivity index (χ2v) is 3.39. The number of nitrogens with zero attached hydrogens (tertiary/aromatic N) is 2. The lowest BCUT2D eigenvalue weighted by molar-refractivity contribution is 0.643. The van der Waals surface area contributed by atoms with Crippen molar-refractivity contribution >= 4 is 23.2 Å². The third-order valence-electron chi connectivity index (χ3n) is 1.60. The zero-order valence-corrected chi connectivity index (χ0v) is 6.68. The van der Waals surface area contributed by atoms with E-state index in [9.17, 15) is 0 Å². The number of aromatic nitrogens is 2. The largest absolute Gasteiger partial charge is 0.267 e. The van der Waals surface area contributed by atoms with Gasteiger partial charge in [0.2, 0.25) is 0 Å². The topological polar surface area (TPSA) is 17.8 Å². The normalized spacial score (nSPS) is 30.6. The predicted octanol–water partition coefficient (Wildman–Crippen LogP) is 2.09. The van der Waals surface area contributed by atoms with Crippen molar-refractivity contribution in [2.45, 2.75) is 17.8 Å². The van der Waals surface area contributed by atoms with Crippen molar-refractivity contribution < 1.29 is 0 Å². The highest BCUT2D eigenvalue weighted by molar-refractivity contribution is 6.29. The molecule has 2 nitrogen and oxygen atoms in total. The highest BCUT2D eigenvalue weighted by atomic mass is 35.5. The first-order valence-corrected chi connectivity index (χ1v) is 3.93. The summed E-state index contributed by atoms with van der Waals surface area (Å²) in [7, 11) is 0. The van der Waals surface area contributed by atoms with Gasteiger partial charge in [0.1, 0.15) is 0 Å². The van der Waals surface area contributed by atoms with Crippen molar-refractivity contribution in [2.75, 3.05) is 0 Å². The molecule has 2 rings (SSSR count). The van der Waals surface area contributed by atoms with Gasteiger partial charge in [-0.2, -0.15) is 5.10 Å². The van der Waals surface area contributed by atoms with Gasteiger partial charge in [-0.05, 0) is 12.5 Å². The van der Waals surface area contributed by atoms with Crippen LogP contribution >= 0.6 is 23.2 Å². The molecule has 10 heavy (non-hydrogen) atoms. The number of hydrogen-bond donors (Lipinski definition) is 0. The van der Waals surface area contributed by atoms with E-state index in [1.807, 2.05) is 10.9 Å². The molecule has 0 saturated heterocycles. The van der Waals surface area contributed by atoms with Crippen molar-refractivity contribution in [2.24, 2.45) is 0 Å². The van der Waals surface area contributed by atoms with Gasteiger partial charge >= 0.3 is 0 Å². The Morgan fingerprint density at radius 2 is 2.40 bits per heavy atom. The van der Waals surface area contributed by atoms with E-state index >= 15 is 0 Å². The van der Waals surface area contributed by atoms with Crippen molar-refractivity contribution in [3.05, 3.63) is 17.4 Å². The lowest BCUT2D eigenvalue weighted by Gasteiger charge is -1.93. The van der Waals surface area contributed by atoms with Gasteiger partial charge < -0.3 is 0 Å². The van der Waals surface area contributed by atoms with Gasteiger partial charge in [0.05, 0.1) is 11.4 Å². The van der Waals surface area contributed by atoms with E-state index in [0.29, 0.717) is 11.2 Å². The Labute approximate surface area is 68.7 Å². The molecule has 2 atom stereocenters. The summed E-state index contributed by atoms with van der Waals surface area (Å²) in [5.41, 5.74) is 0. The molecule has 54 valence electrons. The van der Waals surface area contributed by atoms with Crippen molar-refractivity contribution in [3.8, 4) is 0 Å². The second-order valence-electron chi connectivity index (χ2n) is 2.44. The molecule has 1 aliphatic rings. The number of halogens is 2. The monoisotopic (exact) mass is 176 g/mol. The summed E-state index contributed by atoms with van der Waals surface area (Å²) in [6, 6.07) is 2.15. The summed E-state index contributed by atoms with van der Waals surface area (Å²) in [5, 5.41) is 4.82. The maximum absolute atomic E-state index is 5.79. The molecule has 1 saturated carbocycles. The first-order valence-electron chi connectivity index (χ1n) is 3.12. The van der Waals surface area contributed by atoms with Gasteiger partial charge in [0.15, 0.2) is 5.15 Å². The van der Waals surface area contributed by atoms with E-state index in [1.165, 1.54) is 0 Å². The van der Waals surface area contributed by atoms with E-state index in [1.54, 1.807) is 6.07 Å². The van der Waals surface area contributed by atoms with E-state index in [2.05, 4.69) is 5.10 Å². The van der Waals surface area contributed by atoms with Crippen LogP contribution in [0.15, 0.2) is 12.3 Å². The first kappa shape index (κ1) is 6.50. The average molecular weight is 177 g/mol. The fourth-order valence-corrected chi connectivity index (χ4v) is 1.37. The number of alkyl halides is 1. The summed E-state index contributed by atoms with van der Waals surface area (Å²) >= 11 is 11.4. The van der Waals surface area contributed by atoms with Gasteiger partial charge in [-0.15, -0.1) is 11.6 Å². The zero-order valence-electron chi connectivity index (χ0n) is 5.17. The summed E-state index contributed by atoms with van der Waals surface area (Å²) in [6.45, 7) is 0. The number of hydrogen-bond acceptors (Lipinski definition) is 1. The zero-order chi connectivity index (χ0) is 7.14. The lowest BCUT2D eigenvalue weighted by atomic mass is 10.7. The SMILES string of the molecule is Clc1ccn(C2CC2Cl)n1. The van der Waals surface area contributed by atoms with Crippen LogP contribution in [-0.4, -0.2) is 15.2 Å². The van der Waals surface area contributed by atoms with Gasteiger partial charge in [-0.1, -0.05) is 11.6 Å². The Bertz CT molecular complexity index is 246. The van der Waals surface area contributed by atoms with Crippen LogP contribution in [0, 0.1) is 0 Å². The van der Waals surface area contributed by atoms with Gasteiger partial charge in [-0.3, -0.25) is 4.68 Å². The maximum atomic E-state index is 5.79. The highest BCUT2D eigenvalue weighted by Gasteiger charge is 2.37. The van der Waals surface area contributed by atoms with Crippen LogP contribution in [0.1, 0.15) is 12.5 Å². The molecule has 1 aromatic heterocycles. The Hall–Kier alpha value is -0.210. The molecule has 1 aliphatic carbocycles. The van der Waals surface area contributed by atoms with Crippen LogP contribution in [-0.2, 0) is 0 Å². The van der Waals surface area contributed by atoms with Crippen LogP contribution in [0.25, 0.3) is 0 Å². The fourth-order valence-electron chi connectivity index (χ4n) is 0.925. The molecular formula is C6H6Cl2N2. The lowest BCUT2D eigenvalue weighted by Crippen LogP contribution is -1.95. The number of rotatable bonds is 1. The molecule has 0 aromatic carbocycles. The molecule has 0 aliphatic heterocycles. The Kier molecular flexibility index (Phi) is 1.39. The van der Waals surface area contributed by atoms with Crippen molar-refractivity contribution in [1.82, 2.24) is 9.78 Å². The van der Waals surface area contributed by atoms with Gasteiger partial charge in [0, 0.05) is 6.20 Å². The molecule has 2 unspecified atom stereocenters. The van der Waals surface area contributed by atoms with Gasteiger partial charge in [-0.25, -0.2) is 0 Å². The molecule has 0 N–H and O–H groups in total. The molecule has 0 bridgehead atoms. The predicted molar refractivity (Wildman–Crippen MR) is 40.5 cm³/mol. The molecule has 0 radical (unpaired) electrons. The van der Waals surface area contributed by atoms with E-state index in [-0.39, 0.29) is 5.38 Å². The van der Waals surface area contributed by atoms with E-state index < -0.39 is 0 Å². The second kappa shape index (κ2) is 2.14. The Balaban J connectivity index is 2.20. The van der Waals surface area contributed by atoms with Crippen molar-refractivity contribution in [3.63, 3.8) is 0 Å². The molecule has 0 spiro atoms. The molecule has 1 heterocycles. The Morgan fingerprint density at radius 3 is 2.80 bits per heavy atom. The molecule has 1 aromatic rings. The minimum absolute atomic E-state index is 0.260. The van der Waals surface area contributed by atoms with Gasteiger partial charge in [0.25, 0.3) is 0 Å². The van der Waals surface area contributed by atoms with Crippen LogP contribution < -0.4 is 0 Å². The summed E-state index contributed by atoms with van der Waals surface area (Å²) in [5.74, 6) is 0. The van der Waals surface area contributed by atoms with Crippen LogP contribution in [0.2, 0.25) is 5.15 Å². The Morgan fingerprint density at radius 1 is 1.70 bits per heavy atom. The van der Waals surface area contributed by atoms with Crippen LogP contribution in [0.5, 0.6) is 0 Å². The summed E-state index contributed by atoms with van der Waals surface area (Å²) in [6.07, 6.45) is 2.87. The van der Waals surface area contributed by atoms with E-state index in [0.717, 1.165) is 6.42 Å². The van der Waals surface area contributed by atoms with Crippen LogP contribution in [0.4, 0.5) is 0 Å². The molecule has 1 fully saturated rings. The molecule has 0 amide bonds.